The first-order chi connectivity index (χ1) is 8.65. The molecule has 0 aliphatic carbocycles. The lowest BCUT2D eigenvalue weighted by Gasteiger charge is -2.13. The van der Waals surface area contributed by atoms with E-state index in [9.17, 15) is 26.7 Å². The highest BCUT2D eigenvalue weighted by Gasteiger charge is 2.34. The predicted molar refractivity (Wildman–Crippen MR) is 58.7 cm³/mol. The van der Waals surface area contributed by atoms with Gasteiger partial charge in [0, 0.05) is 10.9 Å². The van der Waals surface area contributed by atoms with E-state index in [1.54, 1.807) is 0 Å². The maximum Gasteiger partial charge on any atom is 0.574 e. The normalized spacial score (nSPS) is 11.8. The third kappa shape index (κ3) is 4.27. The van der Waals surface area contributed by atoms with Gasteiger partial charge in [0.25, 0.3) is 11.7 Å². The van der Waals surface area contributed by atoms with E-state index in [4.69, 9.17) is 11.6 Å². The minimum absolute atomic E-state index is 0.238. The average molecular weight is 368 g/mol. The molecular weight excluding hydrogens is 364 g/mol. The largest absolute Gasteiger partial charge is 0.574 e. The smallest absolute Gasteiger partial charge is 0.387 e. The Labute approximate surface area is 116 Å². The molecule has 0 spiro atoms. The summed E-state index contributed by atoms with van der Waals surface area (Å²) in [5, 5.41) is -1.62. The molecule has 0 fully saturated rings. The minimum atomic E-state index is -5.12. The summed E-state index contributed by atoms with van der Waals surface area (Å²) in [5.74, 6) is -1.16. The van der Waals surface area contributed by atoms with Crippen LogP contribution in [-0.4, -0.2) is 16.6 Å². The number of ether oxygens (including phenoxy) is 1. The lowest BCUT2D eigenvalue weighted by atomic mass is 10.1. The van der Waals surface area contributed by atoms with Gasteiger partial charge in [-0.15, -0.1) is 13.2 Å². The van der Waals surface area contributed by atoms with Crippen LogP contribution < -0.4 is 4.74 Å². The molecule has 19 heavy (non-hydrogen) atoms. The number of halogens is 7. The number of pyridine rings is 1. The molecule has 0 unspecified atom stereocenters. The summed E-state index contributed by atoms with van der Waals surface area (Å²) in [4.78, 5) is 14.2. The Morgan fingerprint density at radius 1 is 1.47 bits per heavy atom. The van der Waals surface area contributed by atoms with Gasteiger partial charge in [-0.3, -0.25) is 4.79 Å². The molecule has 1 aromatic heterocycles. The van der Waals surface area contributed by atoms with Crippen molar-refractivity contribution in [2.24, 2.45) is 0 Å². The molecule has 106 valence electrons. The number of hydrogen-bond acceptors (Lipinski definition) is 3. The second-order valence-electron chi connectivity index (χ2n) is 3.13. The summed E-state index contributed by atoms with van der Waals surface area (Å²) < 4.78 is 65.1. The Bertz CT molecular complexity index is 494. The highest BCUT2D eigenvalue weighted by atomic mass is 79.9. The highest BCUT2D eigenvalue weighted by molar-refractivity contribution is 9.08. The molecule has 1 aromatic rings. The first kappa shape index (κ1) is 16.1. The monoisotopic (exact) mass is 367 g/mol. The van der Waals surface area contributed by atoms with Crippen LogP contribution in [0.4, 0.5) is 22.0 Å². The highest BCUT2D eigenvalue weighted by Crippen LogP contribution is 2.32. The topological polar surface area (TPSA) is 39.2 Å². The van der Waals surface area contributed by atoms with Gasteiger partial charge in [0.15, 0.2) is 0 Å². The number of carbonyl (C=O) groups excluding carboxylic acids is 1. The summed E-state index contributed by atoms with van der Waals surface area (Å²) in [6.45, 7) is 0. The molecule has 1 heterocycles. The van der Waals surface area contributed by atoms with Gasteiger partial charge in [0.1, 0.15) is 0 Å². The lowest BCUT2D eigenvalue weighted by Crippen LogP contribution is -2.20. The van der Waals surface area contributed by atoms with E-state index in [1.165, 1.54) is 0 Å². The number of aromatic nitrogens is 1. The number of rotatable bonds is 4. The van der Waals surface area contributed by atoms with Crippen molar-refractivity contribution in [2.75, 3.05) is 0 Å². The molecule has 0 N–H and O–H groups in total. The Balaban J connectivity index is 3.40. The Kier molecular flexibility index (Phi) is 5.08. The number of carbonyl (C=O) groups is 1. The molecule has 0 amide bonds. The van der Waals surface area contributed by atoms with Crippen LogP contribution in [0.5, 0.6) is 5.88 Å². The van der Waals surface area contributed by atoms with E-state index in [2.05, 4.69) is 25.7 Å². The first-order valence-electron chi connectivity index (χ1n) is 4.49. The zero-order valence-corrected chi connectivity index (χ0v) is 11.1. The number of nitrogens with zero attached hydrogens (tertiary/aromatic N) is 1. The molecular formula is C9H4BrClF5NO2. The summed E-state index contributed by atoms with van der Waals surface area (Å²) in [7, 11) is 0. The van der Waals surface area contributed by atoms with Crippen molar-refractivity contribution in [3.05, 3.63) is 22.9 Å². The molecule has 0 saturated heterocycles. The lowest BCUT2D eigenvalue weighted by molar-refractivity contribution is -0.276. The van der Waals surface area contributed by atoms with Crippen LogP contribution in [0.2, 0.25) is 0 Å². The fourth-order valence-electron chi connectivity index (χ4n) is 1.17. The Morgan fingerprint density at radius 2 is 2.05 bits per heavy atom. The van der Waals surface area contributed by atoms with Crippen LogP contribution in [0, 0.1) is 0 Å². The number of alkyl halides is 6. The van der Waals surface area contributed by atoms with Crippen LogP contribution in [-0.2, 0) is 5.33 Å². The second kappa shape index (κ2) is 6.00. The van der Waals surface area contributed by atoms with E-state index in [0.717, 1.165) is 0 Å². The van der Waals surface area contributed by atoms with Crippen molar-refractivity contribution in [2.45, 2.75) is 18.1 Å². The molecule has 0 aromatic carbocycles. The molecule has 3 nitrogen and oxygen atoms in total. The van der Waals surface area contributed by atoms with Crippen LogP contribution >= 0.6 is 27.5 Å². The van der Waals surface area contributed by atoms with E-state index in [-0.39, 0.29) is 11.0 Å². The molecule has 0 aliphatic rings. The predicted octanol–water partition coefficient (Wildman–Crippen LogP) is 4.19. The quantitative estimate of drug-likeness (QED) is 0.454. The molecule has 0 radical (unpaired) electrons. The molecule has 1 rings (SSSR count). The van der Waals surface area contributed by atoms with Crippen molar-refractivity contribution in [1.29, 1.82) is 0 Å². The molecule has 0 aliphatic heterocycles. The van der Waals surface area contributed by atoms with Crippen molar-refractivity contribution >= 4 is 32.8 Å². The van der Waals surface area contributed by atoms with Gasteiger partial charge in [-0.2, -0.15) is 0 Å². The maximum absolute atomic E-state index is 12.6. The van der Waals surface area contributed by atoms with Gasteiger partial charge in [0.2, 0.25) is 5.88 Å². The molecule has 0 saturated carbocycles. The van der Waals surface area contributed by atoms with Crippen molar-refractivity contribution < 1.29 is 31.5 Å². The molecule has 10 heteroatoms. The van der Waals surface area contributed by atoms with Gasteiger partial charge in [-0.25, -0.2) is 13.8 Å². The average Bonchev–Trinajstić information content (AvgIpc) is 2.25. The fraction of sp³-hybridized carbons (Fsp3) is 0.333. The Morgan fingerprint density at radius 3 is 2.42 bits per heavy atom. The van der Waals surface area contributed by atoms with Crippen LogP contribution in [0.15, 0.2) is 6.07 Å². The third-order valence-electron chi connectivity index (χ3n) is 1.89. The first-order valence-corrected chi connectivity index (χ1v) is 5.99. The number of hydrogen-bond donors (Lipinski definition) is 0. The van der Waals surface area contributed by atoms with Crippen molar-refractivity contribution in [3.63, 3.8) is 0 Å². The zero-order valence-electron chi connectivity index (χ0n) is 8.77. The summed E-state index contributed by atoms with van der Waals surface area (Å²) >= 11 is 7.83. The summed E-state index contributed by atoms with van der Waals surface area (Å²) in [6, 6.07) is 0.532. The van der Waals surface area contributed by atoms with Crippen LogP contribution in [0.25, 0.3) is 0 Å². The van der Waals surface area contributed by atoms with E-state index >= 15 is 0 Å². The Hall–Kier alpha value is -0.960. The summed E-state index contributed by atoms with van der Waals surface area (Å²) in [5.41, 5.74) is -1.95. The van der Waals surface area contributed by atoms with Crippen molar-refractivity contribution in [3.8, 4) is 5.88 Å². The second-order valence-corrected chi connectivity index (χ2v) is 4.04. The minimum Gasteiger partial charge on any atom is -0.387 e. The van der Waals surface area contributed by atoms with Gasteiger partial charge >= 0.3 is 6.36 Å². The van der Waals surface area contributed by atoms with Gasteiger partial charge < -0.3 is 4.74 Å². The van der Waals surface area contributed by atoms with Crippen LogP contribution in [0.1, 0.15) is 28.0 Å². The molecule has 0 atom stereocenters. The zero-order chi connectivity index (χ0) is 14.8. The summed E-state index contributed by atoms with van der Waals surface area (Å²) in [6.07, 6.45) is -8.14. The molecule has 0 bridgehead atoms. The SMILES string of the molecule is O=C(Cl)c1cc(C(F)F)c(CBr)nc1OC(F)(F)F. The maximum atomic E-state index is 12.6. The van der Waals surface area contributed by atoms with E-state index in [0.29, 0.717) is 6.07 Å². The van der Waals surface area contributed by atoms with Gasteiger partial charge in [-0.1, -0.05) is 15.9 Å². The van der Waals surface area contributed by atoms with Gasteiger partial charge in [-0.05, 0) is 17.7 Å². The van der Waals surface area contributed by atoms with Crippen molar-refractivity contribution in [1.82, 2.24) is 4.98 Å². The van der Waals surface area contributed by atoms with Crippen LogP contribution in [0.3, 0.4) is 0 Å². The third-order valence-corrected chi connectivity index (χ3v) is 2.62. The van der Waals surface area contributed by atoms with E-state index in [1.807, 2.05) is 0 Å². The standard InChI is InChI=1S/C9H4BrClF5NO2/c10-2-5-3(7(12)13)1-4(6(11)18)8(17-5)19-9(14,15)16/h1,7H,2H2. The van der Waals surface area contributed by atoms with E-state index < -0.39 is 35.0 Å². The fourth-order valence-corrected chi connectivity index (χ4v) is 1.76. The van der Waals surface area contributed by atoms with Gasteiger partial charge in [0.05, 0.1) is 11.3 Å².